The highest BCUT2D eigenvalue weighted by molar-refractivity contribution is 7.99. The number of thioether (sulfide) groups is 1. The van der Waals surface area contributed by atoms with E-state index in [1.807, 2.05) is 29.2 Å². The predicted molar refractivity (Wildman–Crippen MR) is 80.8 cm³/mol. The molecule has 5 heteroatoms. The predicted octanol–water partition coefficient (Wildman–Crippen LogP) is 1.85. The number of benzene rings is 1. The molecule has 1 heterocycles. The van der Waals surface area contributed by atoms with Gasteiger partial charge in [0.05, 0.1) is 13.2 Å². The third-order valence-corrected chi connectivity index (χ3v) is 4.76. The molecule has 1 atom stereocenters. The number of hydrogen-bond donors (Lipinski definition) is 1. The largest absolute Gasteiger partial charge is 0.496 e. The molecule has 108 valence electrons. The number of para-hydroxylation sites is 1. The Kier molecular flexibility index (Phi) is 4.17. The molecule has 1 saturated heterocycles. The average molecular weight is 292 g/mol. The van der Waals surface area contributed by atoms with Gasteiger partial charge in [0.25, 0.3) is 0 Å². The van der Waals surface area contributed by atoms with Crippen molar-refractivity contribution in [3.8, 4) is 5.75 Å². The third kappa shape index (κ3) is 2.94. The van der Waals surface area contributed by atoms with E-state index in [-0.39, 0.29) is 11.9 Å². The van der Waals surface area contributed by atoms with Gasteiger partial charge in [-0.1, -0.05) is 18.2 Å². The van der Waals surface area contributed by atoms with Crippen LogP contribution in [0.5, 0.6) is 5.75 Å². The van der Waals surface area contributed by atoms with Gasteiger partial charge in [-0.3, -0.25) is 10.1 Å². The number of nitrogens with zero attached hydrogens (tertiary/aromatic N) is 1. The zero-order chi connectivity index (χ0) is 13.9. The molecule has 0 spiro atoms. The Balaban J connectivity index is 1.75. The van der Waals surface area contributed by atoms with E-state index < -0.39 is 0 Å². The van der Waals surface area contributed by atoms with E-state index in [2.05, 4.69) is 5.32 Å². The maximum absolute atomic E-state index is 12.6. The standard InChI is InChI=1S/C15H20N2O2S/c1-19-14-5-3-2-4-11(14)8-17(12-6-7-12)15(18)13-9-20-10-16-13/h2-5,12-13,16H,6-10H2,1H3. The summed E-state index contributed by atoms with van der Waals surface area (Å²) in [6.45, 7) is 0.649. The molecule has 3 rings (SSSR count). The summed E-state index contributed by atoms with van der Waals surface area (Å²) in [7, 11) is 1.68. The fourth-order valence-electron chi connectivity index (χ4n) is 2.54. The maximum atomic E-state index is 12.6. The first kappa shape index (κ1) is 13.8. The van der Waals surface area contributed by atoms with Crippen LogP contribution in [0.3, 0.4) is 0 Å². The first-order valence-electron chi connectivity index (χ1n) is 7.03. The molecule has 20 heavy (non-hydrogen) atoms. The van der Waals surface area contributed by atoms with Gasteiger partial charge < -0.3 is 9.64 Å². The Hall–Kier alpha value is -1.20. The van der Waals surface area contributed by atoms with Gasteiger partial charge in [0, 0.05) is 29.8 Å². The number of rotatable bonds is 5. The van der Waals surface area contributed by atoms with E-state index >= 15 is 0 Å². The van der Waals surface area contributed by atoms with Crippen molar-refractivity contribution in [3.05, 3.63) is 29.8 Å². The monoisotopic (exact) mass is 292 g/mol. The van der Waals surface area contributed by atoms with Gasteiger partial charge in [0.2, 0.25) is 5.91 Å². The molecule has 2 aliphatic rings. The number of ether oxygens (including phenoxy) is 1. The fourth-order valence-corrected chi connectivity index (χ4v) is 3.48. The molecule has 1 N–H and O–H groups in total. The van der Waals surface area contributed by atoms with Crippen LogP contribution >= 0.6 is 11.8 Å². The lowest BCUT2D eigenvalue weighted by Gasteiger charge is -2.26. The van der Waals surface area contributed by atoms with Crippen LogP contribution in [0.15, 0.2) is 24.3 Å². The van der Waals surface area contributed by atoms with Gasteiger partial charge in [-0.15, -0.1) is 11.8 Å². The number of nitrogens with one attached hydrogen (secondary N) is 1. The van der Waals surface area contributed by atoms with Crippen molar-refractivity contribution in [3.63, 3.8) is 0 Å². The molecule has 0 aromatic heterocycles. The lowest BCUT2D eigenvalue weighted by molar-refractivity contribution is -0.133. The highest BCUT2D eigenvalue weighted by Crippen LogP contribution is 2.31. The molecule has 0 bridgehead atoms. The smallest absolute Gasteiger partial charge is 0.241 e. The van der Waals surface area contributed by atoms with Crippen molar-refractivity contribution in [2.75, 3.05) is 18.7 Å². The molecule has 0 radical (unpaired) electrons. The minimum Gasteiger partial charge on any atom is -0.496 e. The second-order valence-electron chi connectivity index (χ2n) is 5.28. The van der Waals surface area contributed by atoms with Gasteiger partial charge in [-0.25, -0.2) is 0 Å². The van der Waals surface area contributed by atoms with Gasteiger partial charge in [-0.2, -0.15) is 0 Å². The normalized spacial score (nSPS) is 21.8. The summed E-state index contributed by atoms with van der Waals surface area (Å²) in [6, 6.07) is 8.35. The molecular formula is C15H20N2O2S. The van der Waals surface area contributed by atoms with Crippen LogP contribution in [-0.2, 0) is 11.3 Å². The first-order chi connectivity index (χ1) is 9.79. The first-order valence-corrected chi connectivity index (χ1v) is 8.18. The summed E-state index contributed by atoms with van der Waals surface area (Å²) in [5.74, 6) is 2.86. The molecule has 1 aromatic rings. The Morgan fingerprint density at radius 3 is 2.90 bits per heavy atom. The van der Waals surface area contributed by atoms with E-state index in [0.717, 1.165) is 35.8 Å². The van der Waals surface area contributed by atoms with Crippen LogP contribution in [0.2, 0.25) is 0 Å². The summed E-state index contributed by atoms with van der Waals surface area (Å²) in [4.78, 5) is 14.7. The van der Waals surface area contributed by atoms with Gasteiger partial charge in [0.15, 0.2) is 0 Å². The van der Waals surface area contributed by atoms with Crippen molar-refractivity contribution >= 4 is 17.7 Å². The van der Waals surface area contributed by atoms with Gasteiger partial charge >= 0.3 is 0 Å². The van der Waals surface area contributed by atoms with Crippen molar-refractivity contribution < 1.29 is 9.53 Å². The number of carbonyl (C=O) groups is 1. The molecule has 1 aliphatic carbocycles. The molecule has 1 aromatic carbocycles. The summed E-state index contributed by atoms with van der Waals surface area (Å²) in [5, 5.41) is 3.27. The molecule has 1 aliphatic heterocycles. The van der Waals surface area contributed by atoms with Crippen molar-refractivity contribution in [2.24, 2.45) is 0 Å². The van der Waals surface area contributed by atoms with Crippen LogP contribution in [-0.4, -0.2) is 41.6 Å². The highest BCUT2D eigenvalue weighted by Gasteiger charge is 2.37. The Morgan fingerprint density at radius 2 is 2.25 bits per heavy atom. The van der Waals surface area contributed by atoms with Crippen LogP contribution in [0.4, 0.5) is 0 Å². The highest BCUT2D eigenvalue weighted by atomic mass is 32.2. The van der Waals surface area contributed by atoms with Crippen molar-refractivity contribution in [1.29, 1.82) is 0 Å². The van der Waals surface area contributed by atoms with Gasteiger partial charge in [-0.05, 0) is 18.9 Å². The Labute approximate surface area is 123 Å². The summed E-state index contributed by atoms with van der Waals surface area (Å²) >= 11 is 1.79. The molecule has 1 saturated carbocycles. The van der Waals surface area contributed by atoms with Gasteiger partial charge in [0.1, 0.15) is 5.75 Å². The van der Waals surface area contributed by atoms with Crippen LogP contribution in [0, 0.1) is 0 Å². The van der Waals surface area contributed by atoms with E-state index in [1.165, 1.54) is 0 Å². The van der Waals surface area contributed by atoms with Crippen LogP contribution in [0.1, 0.15) is 18.4 Å². The zero-order valence-electron chi connectivity index (χ0n) is 11.7. The molecule has 4 nitrogen and oxygen atoms in total. The summed E-state index contributed by atoms with van der Waals surface area (Å²) in [5.41, 5.74) is 1.08. The van der Waals surface area contributed by atoms with Crippen LogP contribution < -0.4 is 10.1 Å². The fraction of sp³-hybridized carbons (Fsp3) is 0.533. The summed E-state index contributed by atoms with van der Waals surface area (Å²) < 4.78 is 5.39. The van der Waals surface area contributed by atoms with E-state index in [4.69, 9.17) is 4.74 Å². The quantitative estimate of drug-likeness (QED) is 0.899. The second-order valence-corrected chi connectivity index (χ2v) is 6.31. The lowest BCUT2D eigenvalue weighted by Crippen LogP contribution is -2.45. The number of hydrogen-bond acceptors (Lipinski definition) is 4. The van der Waals surface area contributed by atoms with E-state index in [9.17, 15) is 4.79 Å². The Morgan fingerprint density at radius 1 is 1.45 bits per heavy atom. The minimum absolute atomic E-state index is 0.0182. The van der Waals surface area contributed by atoms with Crippen molar-refractivity contribution in [2.45, 2.75) is 31.5 Å². The molecule has 2 fully saturated rings. The summed E-state index contributed by atoms with van der Waals surface area (Å²) in [6.07, 6.45) is 2.25. The van der Waals surface area contributed by atoms with Crippen molar-refractivity contribution in [1.82, 2.24) is 10.2 Å². The minimum atomic E-state index is -0.0182. The number of methoxy groups -OCH3 is 1. The average Bonchev–Trinajstić information content (AvgIpc) is 3.17. The third-order valence-electron chi connectivity index (χ3n) is 3.82. The van der Waals surface area contributed by atoms with Crippen LogP contribution in [0.25, 0.3) is 0 Å². The zero-order valence-corrected chi connectivity index (χ0v) is 12.5. The Bertz CT molecular complexity index is 485. The van der Waals surface area contributed by atoms with E-state index in [1.54, 1.807) is 18.9 Å². The lowest BCUT2D eigenvalue weighted by atomic mass is 10.1. The molecule has 1 unspecified atom stereocenters. The maximum Gasteiger partial charge on any atom is 0.241 e. The SMILES string of the molecule is COc1ccccc1CN(C(=O)C1CSCN1)C1CC1. The number of carbonyl (C=O) groups excluding carboxylic acids is 1. The molecule has 1 amide bonds. The number of amides is 1. The van der Waals surface area contributed by atoms with E-state index in [0.29, 0.717) is 12.6 Å². The topological polar surface area (TPSA) is 41.6 Å². The second kappa shape index (κ2) is 6.06. The molecular weight excluding hydrogens is 272 g/mol.